The van der Waals surface area contributed by atoms with E-state index in [4.69, 9.17) is 11.5 Å². The van der Waals surface area contributed by atoms with Crippen LogP contribution in [0.3, 0.4) is 0 Å². The van der Waals surface area contributed by atoms with E-state index < -0.39 is 0 Å². The van der Waals surface area contributed by atoms with Crippen LogP contribution in [0.25, 0.3) is 11.4 Å². The molecule has 8 nitrogen and oxygen atoms in total. The number of anilines is 1. The average Bonchev–Trinajstić information content (AvgIpc) is 2.71. The smallest absolute Gasteiger partial charge is 0.251 e. The molecule has 1 saturated heterocycles. The normalized spacial score (nSPS) is 17.2. The number of benzene rings is 1. The minimum atomic E-state index is -0.220. The number of likely N-dealkylation sites (tertiary alicyclic amines) is 1. The predicted octanol–water partition coefficient (Wildman–Crippen LogP) is 1.04. The first-order valence-corrected chi connectivity index (χ1v) is 9.52. The molecule has 148 valence electrons. The first kappa shape index (κ1) is 19.8. The summed E-state index contributed by atoms with van der Waals surface area (Å²) in [7, 11) is 0. The molecule has 1 fully saturated rings. The van der Waals surface area contributed by atoms with Gasteiger partial charge in [-0.15, -0.1) is 0 Å². The lowest BCUT2D eigenvalue weighted by Crippen LogP contribution is -2.42. The number of nitrogens with zero attached hydrogens (tertiary/aromatic N) is 3. The van der Waals surface area contributed by atoms with Crippen LogP contribution in [0.2, 0.25) is 0 Å². The summed E-state index contributed by atoms with van der Waals surface area (Å²) in [5.41, 5.74) is 12.4. The van der Waals surface area contributed by atoms with Crippen LogP contribution < -0.4 is 16.8 Å². The minimum Gasteiger partial charge on any atom is -0.384 e. The number of nitrogens with two attached hydrogens (primary N) is 2. The number of piperidine rings is 1. The van der Waals surface area contributed by atoms with E-state index in [1.54, 1.807) is 30.5 Å². The van der Waals surface area contributed by atoms with Gasteiger partial charge in [0.1, 0.15) is 5.82 Å². The highest BCUT2D eigenvalue weighted by atomic mass is 16.2. The molecule has 3 rings (SSSR count). The van der Waals surface area contributed by atoms with Crippen molar-refractivity contribution in [1.82, 2.24) is 20.2 Å². The van der Waals surface area contributed by atoms with Crippen molar-refractivity contribution in [3.63, 3.8) is 0 Å². The zero-order valence-corrected chi connectivity index (χ0v) is 15.8. The van der Waals surface area contributed by atoms with E-state index in [2.05, 4.69) is 20.2 Å². The van der Waals surface area contributed by atoms with E-state index in [0.717, 1.165) is 37.9 Å². The molecule has 0 unspecified atom stereocenters. The predicted molar refractivity (Wildman–Crippen MR) is 107 cm³/mol. The van der Waals surface area contributed by atoms with Gasteiger partial charge in [-0.25, -0.2) is 9.97 Å². The molecular formula is C20H26N6O2. The van der Waals surface area contributed by atoms with Crippen molar-refractivity contribution in [3.05, 3.63) is 42.1 Å². The maximum atomic E-state index is 12.4. The van der Waals surface area contributed by atoms with Gasteiger partial charge < -0.3 is 21.7 Å². The van der Waals surface area contributed by atoms with Gasteiger partial charge in [0.05, 0.1) is 5.92 Å². The van der Waals surface area contributed by atoms with Gasteiger partial charge in [0.2, 0.25) is 5.91 Å². The van der Waals surface area contributed by atoms with Crippen LogP contribution in [0.15, 0.2) is 36.5 Å². The summed E-state index contributed by atoms with van der Waals surface area (Å²) in [5, 5.41) is 2.94. The van der Waals surface area contributed by atoms with Gasteiger partial charge in [-0.1, -0.05) is 12.1 Å². The van der Waals surface area contributed by atoms with Crippen LogP contribution in [0.1, 0.15) is 29.6 Å². The van der Waals surface area contributed by atoms with E-state index in [0.29, 0.717) is 30.3 Å². The second-order valence-electron chi connectivity index (χ2n) is 7.04. The van der Waals surface area contributed by atoms with Crippen LogP contribution in [0, 0.1) is 5.92 Å². The van der Waals surface area contributed by atoms with Crippen molar-refractivity contribution in [3.8, 4) is 11.4 Å². The Kier molecular flexibility index (Phi) is 6.54. The fourth-order valence-electron chi connectivity index (χ4n) is 3.41. The number of carbonyl (C=O) groups is 2. The van der Waals surface area contributed by atoms with Gasteiger partial charge in [0, 0.05) is 30.4 Å². The van der Waals surface area contributed by atoms with Gasteiger partial charge in [0.25, 0.3) is 5.91 Å². The minimum absolute atomic E-state index is 0.0553. The molecule has 1 aromatic carbocycles. The zero-order valence-electron chi connectivity index (χ0n) is 15.8. The number of rotatable bonds is 7. The summed E-state index contributed by atoms with van der Waals surface area (Å²) in [6, 6.07) is 8.78. The molecule has 0 saturated carbocycles. The number of hydrogen-bond donors (Lipinski definition) is 3. The highest BCUT2D eigenvalue weighted by Crippen LogP contribution is 2.17. The molecule has 0 bridgehead atoms. The van der Waals surface area contributed by atoms with Gasteiger partial charge >= 0.3 is 0 Å². The molecule has 5 N–H and O–H groups in total. The zero-order chi connectivity index (χ0) is 19.9. The van der Waals surface area contributed by atoms with Gasteiger partial charge in [0.15, 0.2) is 5.82 Å². The Morgan fingerprint density at radius 1 is 1.29 bits per heavy atom. The number of aromatic nitrogens is 2. The topological polar surface area (TPSA) is 127 Å². The largest absolute Gasteiger partial charge is 0.384 e. The van der Waals surface area contributed by atoms with Gasteiger partial charge in [-0.3, -0.25) is 9.59 Å². The van der Waals surface area contributed by atoms with Crippen LogP contribution in [0.5, 0.6) is 0 Å². The Morgan fingerprint density at radius 3 is 2.93 bits per heavy atom. The highest BCUT2D eigenvalue weighted by molar-refractivity contribution is 5.95. The maximum absolute atomic E-state index is 12.4. The summed E-state index contributed by atoms with van der Waals surface area (Å²) >= 11 is 0. The monoisotopic (exact) mass is 382 g/mol. The van der Waals surface area contributed by atoms with Crippen molar-refractivity contribution in [2.75, 3.05) is 31.9 Å². The van der Waals surface area contributed by atoms with E-state index in [-0.39, 0.29) is 17.7 Å². The molecule has 1 atom stereocenters. The summed E-state index contributed by atoms with van der Waals surface area (Å²) in [6.07, 6.45) is 4.26. The lowest BCUT2D eigenvalue weighted by molar-refractivity contribution is -0.123. The van der Waals surface area contributed by atoms with Gasteiger partial charge in [-0.05, 0) is 50.6 Å². The molecule has 8 heteroatoms. The van der Waals surface area contributed by atoms with Crippen molar-refractivity contribution in [2.45, 2.75) is 19.3 Å². The maximum Gasteiger partial charge on any atom is 0.251 e. The lowest BCUT2D eigenvalue weighted by Gasteiger charge is -2.31. The number of carbonyl (C=O) groups excluding carboxylic acids is 2. The number of primary amides is 1. The summed E-state index contributed by atoms with van der Waals surface area (Å²) in [5.74, 6) is 0.460. The third-order valence-electron chi connectivity index (χ3n) is 4.90. The Labute approximate surface area is 164 Å². The number of nitrogen functional groups attached to an aromatic ring is 1. The third-order valence-corrected chi connectivity index (χ3v) is 4.90. The lowest BCUT2D eigenvalue weighted by atomic mass is 9.97. The van der Waals surface area contributed by atoms with Crippen LogP contribution in [-0.2, 0) is 4.79 Å². The molecule has 1 aromatic heterocycles. The standard InChI is InChI=1S/C20H26N6O2/c21-17-7-9-23-19(25-17)14-4-1-5-15(12-14)20(28)24-8-3-11-26-10-2-6-16(13-26)18(22)27/h1,4-5,7,9,12,16H,2-3,6,8,10-11,13H2,(H2,22,27)(H,24,28)(H2,21,23,25)/t16-/m0/s1. The Morgan fingerprint density at radius 2 is 2.14 bits per heavy atom. The molecule has 28 heavy (non-hydrogen) atoms. The molecule has 1 aliphatic rings. The average molecular weight is 382 g/mol. The molecule has 2 aromatic rings. The quantitative estimate of drug-likeness (QED) is 0.614. The summed E-state index contributed by atoms with van der Waals surface area (Å²) in [4.78, 5) is 34.4. The van der Waals surface area contributed by atoms with Crippen LogP contribution in [0.4, 0.5) is 5.82 Å². The van der Waals surface area contributed by atoms with E-state index >= 15 is 0 Å². The summed E-state index contributed by atoms with van der Waals surface area (Å²) in [6.45, 7) is 3.09. The third kappa shape index (κ3) is 5.26. The molecule has 1 aliphatic heterocycles. The fourth-order valence-corrected chi connectivity index (χ4v) is 3.41. The van der Waals surface area contributed by atoms with Crippen molar-refractivity contribution < 1.29 is 9.59 Å². The molecule has 2 heterocycles. The Bertz CT molecular complexity index is 841. The molecule has 0 aliphatic carbocycles. The SMILES string of the molecule is NC(=O)[C@H]1CCCN(CCCNC(=O)c2cccc(-c3nccc(N)n3)c2)C1. The molecule has 0 radical (unpaired) electrons. The summed E-state index contributed by atoms with van der Waals surface area (Å²) < 4.78 is 0. The Balaban J connectivity index is 1.49. The molecule has 2 amide bonds. The number of hydrogen-bond acceptors (Lipinski definition) is 6. The van der Waals surface area contributed by atoms with E-state index in [1.165, 1.54) is 0 Å². The Hall–Kier alpha value is -3.00. The number of amides is 2. The van der Waals surface area contributed by atoms with Crippen molar-refractivity contribution in [2.24, 2.45) is 11.7 Å². The van der Waals surface area contributed by atoms with E-state index in [1.807, 2.05) is 6.07 Å². The number of nitrogens with one attached hydrogen (secondary N) is 1. The van der Waals surface area contributed by atoms with Gasteiger partial charge in [-0.2, -0.15) is 0 Å². The van der Waals surface area contributed by atoms with Crippen LogP contribution in [-0.4, -0.2) is 52.9 Å². The van der Waals surface area contributed by atoms with Crippen LogP contribution >= 0.6 is 0 Å². The van der Waals surface area contributed by atoms with Crippen molar-refractivity contribution >= 4 is 17.6 Å². The van der Waals surface area contributed by atoms with E-state index in [9.17, 15) is 9.59 Å². The van der Waals surface area contributed by atoms with Crippen molar-refractivity contribution in [1.29, 1.82) is 0 Å². The molecule has 0 spiro atoms. The fraction of sp³-hybridized carbons (Fsp3) is 0.400. The first-order valence-electron chi connectivity index (χ1n) is 9.52. The second-order valence-corrected chi connectivity index (χ2v) is 7.04. The first-order chi connectivity index (χ1) is 13.5. The second kappa shape index (κ2) is 9.27. The molecular weight excluding hydrogens is 356 g/mol. The highest BCUT2D eigenvalue weighted by Gasteiger charge is 2.23.